The molecule has 0 saturated carbocycles. The molecule has 0 aliphatic carbocycles. The third-order valence-corrected chi connectivity index (χ3v) is 6.36. The second-order valence-corrected chi connectivity index (χ2v) is 8.65. The summed E-state index contributed by atoms with van der Waals surface area (Å²) in [5.41, 5.74) is 4.02. The first-order valence-corrected chi connectivity index (χ1v) is 11.1. The monoisotopic (exact) mass is 475 g/mol. The fourth-order valence-electron chi connectivity index (χ4n) is 4.33. The van der Waals surface area contributed by atoms with Gasteiger partial charge in [-0.1, -0.05) is 46.3 Å². The molecule has 0 bridgehead atoms. The summed E-state index contributed by atoms with van der Waals surface area (Å²) in [5, 5.41) is 0. The summed E-state index contributed by atoms with van der Waals surface area (Å²) < 4.78 is 8.80. The first-order chi connectivity index (χ1) is 15.1. The van der Waals surface area contributed by atoms with Crippen molar-refractivity contribution in [3.8, 4) is 5.75 Å². The normalized spacial score (nSPS) is 16.3. The van der Waals surface area contributed by atoms with Crippen molar-refractivity contribution >= 4 is 38.6 Å². The molecule has 6 heteroatoms. The number of hydrogen-bond acceptors (Lipinski definition) is 3. The number of fused-ring (bicyclic) bond motifs is 1. The average molecular weight is 476 g/mol. The van der Waals surface area contributed by atoms with Crippen LogP contribution in [0.3, 0.4) is 0 Å². The summed E-state index contributed by atoms with van der Waals surface area (Å²) in [6.45, 7) is 1.26. The Hall–Kier alpha value is -3.12. The molecule has 1 unspecified atom stereocenters. The van der Waals surface area contributed by atoms with Crippen LogP contribution in [0.4, 0.5) is 5.69 Å². The number of aromatic nitrogens is 2. The van der Waals surface area contributed by atoms with Gasteiger partial charge >= 0.3 is 0 Å². The number of carbonyl (C=O) groups is 1. The van der Waals surface area contributed by atoms with E-state index in [1.807, 2.05) is 65.6 Å². The maximum absolute atomic E-state index is 12.9. The number of halogens is 1. The number of rotatable bonds is 5. The lowest BCUT2D eigenvalue weighted by atomic mass is 10.1. The number of para-hydroxylation sites is 3. The van der Waals surface area contributed by atoms with E-state index in [1.54, 1.807) is 7.11 Å². The standard InChI is InChI=1S/C25H22BrN3O2/c1-31-23-9-5-2-6-17(23)15-29-22-8-4-3-7-21(22)27-25(29)18-14-24(30)28(16-18)20-12-10-19(26)11-13-20/h2-13,18H,14-16H2,1H3. The Labute approximate surface area is 189 Å². The van der Waals surface area contributed by atoms with E-state index in [2.05, 4.69) is 32.6 Å². The quantitative estimate of drug-likeness (QED) is 0.389. The molecule has 1 aromatic heterocycles. The van der Waals surface area contributed by atoms with Gasteiger partial charge in [0.2, 0.25) is 5.91 Å². The van der Waals surface area contributed by atoms with Crippen molar-refractivity contribution < 1.29 is 9.53 Å². The summed E-state index contributed by atoms with van der Waals surface area (Å²) >= 11 is 3.46. The van der Waals surface area contributed by atoms with Crippen LogP contribution in [0, 0.1) is 0 Å². The fourth-order valence-corrected chi connectivity index (χ4v) is 4.59. The predicted octanol–water partition coefficient (Wildman–Crippen LogP) is 5.38. The zero-order valence-corrected chi connectivity index (χ0v) is 18.7. The number of carbonyl (C=O) groups excluding carboxylic acids is 1. The van der Waals surface area contributed by atoms with Crippen molar-refractivity contribution in [3.63, 3.8) is 0 Å². The molecule has 31 heavy (non-hydrogen) atoms. The van der Waals surface area contributed by atoms with Crippen molar-refractivity contribution in [3.05, 3.63) is 88.7 Å². The minimum Gasteiger partial charge on any atom is -0.496 e. The largest absolute Gasteiger partial charge is 0.496 e. The highest BCUT2D eigenvalue weighted by Gasteiger charge is 2.35. The average Bonchev–Trinajstić information content (AvgIpc) is 3.35. The molecule has 1 fully saturated rings. The number of anilines is 1. The summed E-state index contributed by atoms with van der Waals surface area (Å²) in [6, 6.07) is 24.1. The van der Waals surface area contributed by atoms with Crippen LogP contribution in [0.25, 0.3) is 11.0 Å². The number of methoxy groups -OCH3 is 1. The number of nitrogens with zero attached hydrogens (tertiary/aromatic N) is 3. The zero-order valence-electron chi connectivity index (χ0n) is 17.2. The molecule has 4 aromatic rings. The second-order valence-electron chi connectivity index (χ2n) is 7.74. The van der Waals surface area contributed by atoms with E-state index in [0.717, 1.165) is 38.3 Å². The van der Waals surface area contributed by atoms with Gasteiger partial charge in [0.05, 0.1) is 24.7 Å². The first-order valence-electron chi connectivity index (χ1n) is 10.3. The third-order valence-electron chi connectivity index (χ3n) is 5.83. The minimum absolute atomic E-state index is 0.0262. The Morgan fingerprint density at radius 1 is 1.03 bits per heavy atom. The van der Waals surface area contributed by atoms with Gasteiger partial charge < -0.3 is 14.2 Å². The van der Waals surface area contributed by atoms with Gasteiger partial charge in [-0.2, -0.15) is 0 Å². The smallest absolute Gasteiger partial charge is 0.227 e. The van der Waals surface area contributed by atoms with Gasteiger partial charge in [0.1, 0.15) is 11.6 Å². The molecule has 1 aliphatic rings. The van der Waals surface area contributed by atoms with Crippen LogP contribution >= 0.6 is 15.9 Å². The van der Waals surface area contributed by atoms with Crippen molar-refractivity contribution in [1.29, 1.82) is 0 Å². The lowest BCUT2D eigenvalue weighted by Crippen LogP contribution is -2.24. The summed E-state index contributed by atoms with van der Waals surface area (Å²) in [5.74, 6) is 1.95. The SMILES string of the molecule is COc1ccccc1Cn1c(C2CC(=O)N(c3ccc(Br)cc3)C2)nc2ccccc21. The van der Waals surface area contributed by atoms with E-state index in [4.69, 9.17) is 9.72 Å². The van der Waals surface area contributed by atoms with Crippen LogP contribution in [-0.4, -0.2) is 29.1 Å². The Morgan fingerprint density at radius 2 is 1.77 bits per heavy atom. The van der Waals surface area contributed by atoms with Crippen molar-refractivity contribution in [2.24, 2.45) is 0 Å². The van der Waals surface area contributed by atoms with Gasteiger partial charge in [0.25, 0.3) is 0 Å². The van der Waals surface area contributed by atoms with Crippen LogP contribution in [0.2, 0.25) is 0 Å². The van der Waals surface area contributed by atoms with Crippen LogP contribution in [0.5, 0.6) is 5.75 Å². The second kappa shape index (κ2) is 8.19. The highest BCUT2D eigenvalue weighted by molar-refractivity contribution is 9.10. The van der Waals surface area contributed by atoms with E-state index in [1.165, 1.54) is 0 Å². The molecule has 0 N–H and O–H groups in total. The highest BCUT2D eigenvalue weighted by Crippen LogP contribution is 2.34. The number of ether oxygens (including phenoxy) is 1. The van der Waals surface area contributed by atoms with Gasteiger partial charge in [-0.25, -0.2) is 4.98 Å². The summed E-state index contributed by atoms with van der Waals surface area (Å²) in [7, 11) is 1.69. The first kappa shape index (κ1) is 19.8. The van der Waals surface area contributed by atoms with E-state index < -0.39 is 0 Å². The van der Waals surface area contributed by atoms with Gasteiger partial charge in [0.15, 0.2) is 0 Å². The number of benzene rings is 3. The number of hydrogen-bond donors (Lipinski definition) is 0. The molecule has 1 amide bonds. The van der Waals surface area contributed by atoms with Gasteiger partial charge in [0, 0.05) is 34.6 Å². The molecule has 5 nitrogen and oxygen atoms in total. The van der Waals surface area contributed by atoms with E-state index in [-0.39, 0.29) is 11.8 Å². The fraction of sp³-hybridized carbons (Fsp3) is 0.200. The molecule has 156 valence electrons. The lowest BCUT2D eigenvalue weighted by molar-refractivity contribution is -0.117. The highest BCUT2D eigenvalue weighted by atomic mass is 79.9. The third kappa shape index (κ3) is 3.72. The molecule has 2 heterocycles. The van der Waals surface area contributed by atoms with Crippen LogP contribution in [0.1, 0.15) is 23.7 Å². The van der Waals surface area contributed by atoms with Crippen molar-refractivity contribution in [2.45, 2.75) is 18.9 Å². The van der Waals surface area contributed by atoms with Crippen LogP contribution in [0.15, 0.2) is 77.3 Å². The molecule has 5 rings (SSSR count). The minimum atomic E-state index is 0.0262. The zero-order chi connectivity index (χ0) is 21.4. The predicted molar refractivity (Wildman–Crippen MR) is 126 cm³/mol. The van der Waals surface area contributed by atoms with Crippen LogP contribution < -0.4 is 9.64 Å². The number of imidazole rings is 1. The Kier molecular flexibility index (Phi) is 5.24. The lowest BCUT2D eigenvalue weighted by Gasteiger charge is -2.18. The number of amides is 1. The molecular formula is C25H22BrN3O2. The maximum atomic E-state index is 12.9. The van der Waals surface area contributed by atoms with Gasteiger partial charge in [-0.3, -0.25) is 4.79 Å². The topological polar surface area (TPSA) is 47.4 Å². The summed E-state index contributed by atoms with van der Waals surface area (Å²) in [6.07, 6.45) is 0.450. The van der Waals surface area contributed by atoms with E-state index >= 15 is 0 Å². The van der Waals surface area contributed by atoms with Gasteiger partial charge in [-0.05, 0) is 42.5 Å². The molecule has 0 spiro atoms. The van der Waals surface area contributed by atoms with E-state index in [0.29, 0.717) is 19.5 Å². The maximum Gasteiger partial charge on any atom is 0.227 e. The Morgan fingerprint density at radius 3 is 2.58 bits per heavy atom. The molecule has 1 aliphatic heterocycles. The Balaban J connectivity index is 1.53. The molecule has 3 aromatic carbocycles. The Bertz CT molecular complexity index is 1250. The molecular weight excluding hydrogens is 454 g/mol. The van der Waals surface area contributed by atoms with Gasteiger partial charge in [-0.15, -0.1) is 0 Å². The van der Waals surface area contributed by atoms with E-state index in [9.17, 15) is 4.79 Å². The van der Waals surface area contributed by atoms with Crippen molar-refractivity contribution in [2.75, 3.05) is 18.6 Å². The molecule has 1 saturated heterocycles. The van der Waals surface area contributed by atoms with Crippen molar-refractivity contribution in [1.82, 2.24) is 9.55 Å². The molecule has 1 atom stereocenters. The summed E-state index contributed by atoms with van der Waals surface area (Å²) in [4.78, 5) is 19.7. The van der Waals surface area contributed by atoms with Crippen LogP contribution in [-0.2, 0) is 11.3 Å². The molecule has 0 radical (unpaired) electrons.